The number of halogens is 1. The number of carbonyl (C=O) groups is 1. The van der Waals surface area contributed by atoms with Crippen LogP contribution in [0.25, 0.3) is 0 Å². The Morgan fingerprint density at radius 3 is 2.28 bits per heavy atom. The lowest BCUT2D eigenvalue weighted by molar-refractivity contribution is -0.120. The van der Waals surface area contributed by atoms with Crippen LogP contribution in [0.2, 0.25) is 5.02 Å². The molecule has 3 rings (SSSR count). The molecule has 1 amide bonds. The molecular weight excluding hydrogens is 504 g/mol. The first-order chi connectivity index (χ1) is 17.1. The molecule has 0 aliphatic rings. The molecule has 1 N–H and O–H groups in total. The molecule has 3 aromatic rings. The van der Waals surface area contributed by atoms with Gasteiger partial charge in [-0.15, -0.1) is 0 Å². The van der Waals surface area contributed by atoms with E-state index in [2.05, 4.69) is 5.32 Å². The number of para-hydroxylation sites is 1. The van der Waals surface area contributed by atoms with Gasteiger partial charge < -0.3 is 19.5 Å². The number of methoxy groups -OCH3 is 2. The predicted molar refractivity (Wildman–Crippen MR) is 140 cm³/mol. The minimum absolute atomic E-state index is 0.0566. The van der Waals surface area contributed by atoms with Crippen molar-refractivity contribution in [2.75, 3.05) is 31.7 Å². The topological polar surface area (TPSA) is 94.2 Å². The van der Waals surface area contributed by atoms with Crippen LogP contribution in [0.3, 0.4) is 0 Å². The average Bonchev–Trinajstić information content (AvgIpc) is 2.86. The summed E-state index contributed by atoms with van der Waals surface area (Å²) in [5, 5.41) is 3.24. The van der Waals surface area contributed by atoms with E-state index in [0.29, 0.717) is 10.8 Å². The van der Waals surface area contributed by atoms with E-state index in [1.165, 1.54) is 32.4 Å². The highest BCUT2D eigenvalue weighted by atomic mass is 35.5. The molecule has 0 aliphatic carbocycles. The number of hydrogen-bond acceptors (Lipinski definition) is 6. The highest BCUT2D eigenvalue weighted by Crippen LogP contribution is 2.32. The second kappa shape index (κ2) is 12.0. The molecule has 0 heterocycles. The smallest absolute Gasteiger partial charge is 0.264 e. The van der Waals surface area contributed by atoms with Crippen molar-refractivity contribution in [1.82, 2.24) is 5.32 Å². The maximum Gasteiger partial charge on any atom is 0.264 e. The Labute approximate surface area is 216 Å². The summed E-state index contributed by atoms with van der Waals surface area (Å²) in [5.74, 6) is 0.864. The maximum atomic E-state index is 13.6. The lowest BCUT2D eigenvalue weighted by Crippen LogP contribution is -2.45. The highest BCUT2D eigenvalue weighted by molar-refractivity contribution is 7.92. The number of nitrogens with zero attached hydrogens (tertiary/aromatic N) is 1. The fourth-order valence-electron chi connectivity index (χ4n) is 3.45. The summed E-state index contributed by atoms with van der Waals surface area (Å²) in [6.45, 7) is 3.49. The van der Waals surface area contributed by atoms with E-state index in [-0.39, 0.29) is 29.0 Å². The van der Waals surface area contributed by atoms with Crippen LogP contribution < -0.4 is 23.8 Å². The Balaban J connectivity index is 1.82. The zero-order valence-electron chi connectivity index (χ0n) is 20.5. The number of benzene rings is 3. The molecule has 0 aliphatic heterocycles. The Bertz CT molecular complexity index is 1300. The molecule has 36 heavy (non-hydrogen) atoms. The molecule has 0 saturated carbocycles. The Hall–Kier alpha value is -3.43. The molecule has 192 valence electrons. The molecular formula is C26H29ClN2O6S. The molecule has 0 fully saturated rings. The SMILES string of the molecule is COc1ccc(S(=O)(=O)N(CC(=O)NC(C)COc2ccccc2C)c2ccc(Cl)cc2)cc1OC. The monoisotopic (exact) mass is 532 g/mol. The van der Waals surface area contributed by atoms with Crippen LogP contribution >= 0.6 is 11.6 Å². The van der Waals surface area contributed by atoms with E-state index in [1.54, 1.807) is 31.2 Å². The summed E-state index contributed by atoms with van der Waals surface area (Å²) in [5.41, 5.74) is 1.26. The van der Waals surface area contributed by atoms with Crippen molar-refractivity contribution >= 4 is 33.2 Å². The van der Waals surface area contributed by atoms with Gasteiger partial charge in [0, 0.05) is 11.1 Å². The predicted octanol–water partition coefficient (Wildman–Crippen LogP) is 4.44. The molecule has 0 bridgehead atoms. The number of amides is 1. The third-order valence-corrected chi connectivity index (χ3v) is 7.36. The molecule has 1 atom stereocenters. The van der Waals surface area contributed by atoms with Crippen molar-refractivity contribution < 1.29 is 27.4 Å². The van der Waals surface area contributed by atoms with Crippen LogP contribution in [0.1, 0.15) is 12.5 Å². The molecule has 0 radical (unpaired) electrons. The van der Waals surface area contributed by atoms with E-state index in [4.69, 9.17) is 25.8 Å². The van der Waals surface area contributed by atoms with E-state index >= 15 is 0 Å². The first kappa shape index (κ1) is 27.2. The van der Waals surface area contributed by atoms with Gasteiger partial charge in [-0.1, -0.05) is 29.8 Å². The van der Waals surface area contributed by atoms with Gasteiger partial charge in [0.1, 0.15) is 18.9 Å². The van der Waals surface area contributed by atoms with Crippen molar-refractivity contribution in [3.05, 3.63) is 77.3 Å². The summed E-state index contributed by atoms with van der Waals surface area (Å²) in [6.07, 6.45) is 0. The Morgan fingerprint density at radius 1 is 0.972 bits per heavy atom. The normalized spacial score (nSPS) is 11.9. The van der Waals surface area contributed by atoms with Gasteiger partial charge in [-0.3, -0.25) is 9.10 Å². The van der Waals surface area contributed by atoms with E-state index in [1.807, 2.05) is 31.2 Å². The molecule has 0 aromatic heterocycles. The standard InChI is InChI=1S/C26H29ClN2O6S/c1-18-7-5-6-8-23(18)35-17-19(2)28-26(30)16-29(21-11-9-20(27)10-12-21)36(31,32)22-13-14-24(33-3)25(15-22)34-4/h5-15,19H,16-17H2,1-4H3,(H,28,30). The van der Waals surface area contributed by atoms with Crippen molar-refractivity contribution in [3.63, 3.8) is 0 Å². The van der Waals surface area contributed by atoms with Crippen LogP contribution in [-0.4, -0.2) is 47.7 Å². The van der Waals surface area contributed by atoms with Gasteiger partial charge in [-0.2, -0.15) is 0 Å². The number of hydrogen-bond donors (Lipinski definition) is 1. The molecule has 10 heteroatoms. The Morgan fingerprint density at radius 2 is 1.64 bits per heavy atom. The summed E-state index contributed by atoms with van der Waals surface area (Å²) < 4.78 is 44.6. The van der Waals surface area contributed by atoms with Gasteiger partial charge in [0.05, 0.1) is 30.8 Å². The molecule has 0 saturated heterocycles. The minimum Gasteiger partial charge on any atom is -0.493 e. The van der Waals surface area contributed by atoms with Gasteiger partial charge in [-0.05, 0) is 61.9 Å². The lowest BCUT2D eigenvalue weighted by Gasteiger charge is -2.25. The molecule has 1 unspecified atom stereocenters. The summed E-state index contributed by atoms with van der Waals surface area (Å²) in [7, 11) is -1.28. The van der Waals surface area contributed by atoms with Gasteiger partial charge in [0.25, 0.3) is 10.0 Å². The van der Waals surface area contributed by atoms with Crippen LogP contribution in [0.4, 0.5) is 5.69 Å². The Kier molecular flexibility index (Phi) is 9.06. The zero-order chi connectivity index (χ0) is 26.3. The largest absolute Gasteiger partial charge is 0.493 e. The van der Waals surface area contributed by atoms with Gasteiger partial charge in [0.15, 0.2) is 11.5 Å². The molecule has 0 spiro atoms. The third kappa shape index (κ3) is 6.61. The molecule has 3 aromatic carbocycles. The van der Waals surface area contributed by atoms with Crippen molar-refractivity contribution in [2.24, 2.45) is 0 Å². The van der Waals surface area contributed by atoms with Gasteiger partial charge in [-0.25, -0.2) is 8.42 Å². The van der Waals surface area contributed by atoms with Crippen molar-refractivity contribution in [2.45, 2.75) is 24.8 Å². The summed E-state index contributed by atoms with van der Waals surface area (Å²) >= 11 is 6.00. The number of rotatable bonds is 11. The number of carbonyl (C=O) groups excluding carboxylic acids is 1. The number of ether oxygens (including phenoxy) is 3. The average molecular weight is 533 g/mol. The third-order valence-electron chi connectivity index (χ3n) is 5.33. The number of sulfonamides is 1. The first-order valence-electron chi connectivity index (χ1n) is 11.1. The van der Waals surface area contributed by atoms with E-state index in [9.17, 15) is 13.2 Å². The summed E-state index contributed by atoms with van der Waals surface area (Å²) in [4.78, 5) is 12.9. The lowest BCUT2D eigenvalue weighted by atomic mass is 10.2. The van der Waals surface area contributed by atoms with Gasteiger partial charge >= 0.3 is 0 Å². The second-order valence-corrected chi connectivity index (χ2v) is 10.3. The van der Waals surface area contributed by atoms with E-state index < -0.39 is 22.5 Å². The number of anilines is 1. The number of nitrogens with one attached hydrogen (secondary N) is 1. The van der Waals surface area contributed by atoms with Gasteiger partial charge in [0.2, 0.25) is 5.91 Å². The molecule has 8 nitrogen and oxygen atoms in total. The van der Waals surface area contributed by atoms with Crippen LogP contribution in [-0.2, 0) is 14.8 Å². The quantitative estimate of drug-likeness (QED) is 0.392. The van der Waals surface area contributed by atoms with E-state index in [0.717, 1.165) is 15.6 Å². The fourth-order valence-corrected chi connectivity index (χ4v) is 5.02. The minimum atomic E-state index is -4.15. The highest BCUT2D eigenvalue weighted by Gasteiger charge is 2.29. The zero-order valence-corrected chi connectivity index (χ0v) is 22.1. The maximum absolute atomic E-state index is 13.6. The fraction of sp³-hybridized carbons (Fsp3) is 0.269. The summed E-state index contributed by atoms with van der Waals surface area (Å²) in [6, 6.07) is 17.6. The number of aryl methyl sites for hydroxylation is 1. The van der Waals surface area contributed by atoms with Crippen LogP contribution in [0.5, 0.6) is 17.2 Å². The van der Waals surface area contributed by atoms with Crippen LogP contribution in [0, 0.1) is 6.92 Å². The van der Waals surface area contributed by atoms with Crippen molar-refractivity contribution in [1.29, 1.82) is 0 Å². The second-order valence-electron chi connectivity index (χ2n) is 8.05. The van der Waals surface area contributed by atoms with Crippen LogP contribution in [0.15, 0.2) is 71.6 Å². The van der Waals surface area contributed by atoms with Crippen molar-refractivity contribution in [3.8, 4) is 17.2 Å². The first-order valence-corrected chi connectivity index (χ1v) is 13.0.